The van der Waals surface area contributed by atoms with Crippen molar-refractivity contribution in [2.24, 2.45) is 5.73 Å². The fraction of sp³-hybridized carbons (Fsp3) is 0.938. The average Bonchev–Trinajstić information content (AvgIpc) is 2.53. The van der Waals surface area contributed by atoms with Crippen LogP contribution in [-0.4, -0.2) is 84.4 Å². The van der Waals surface area contributed by atoms with Crippen LogP contribution in [0.1, 0.15) is 20.8 Å². The minimum absolute atomic E-state index is 0.233. The molecule has 1 amide bonds. The summed E-state index contributed by atoms with van der Waals surface area (Å²) in [5, 5.41) is 2.61. The van der Waals surface area contributed by atoms with Crippen LogP contribution in [0.2, 0.25) is 0 Å². The molecule has 0 radical (unpaired) electrons. The molecular weight excluding hydrogens is 332 g/mol. The van der Waals surface area contributed by atoms with Crippen molar-refractivity contribution in [2.75, 3.05) is 72.7 Å². The maximum atomic E-state index is 11.4. The van der Waals surface area contributed by atoms with Crippen LogP contribution in [0.4, 0.5) is 4.79 Å². The number of carbonyl (C=O) groups excluding carboxylic acids is 1. The molecule has 25 heavy (non-hydrogen) atoms. The summed E-state index contributed by atoms with van der Waals surface area (Å²) in [5.41, 5.74) is 4.77. The molecule has 0 bridgehead atoms. The summed E-state index contributed by atoms with van der Waals surface area (Å²) in [5.74, 6) is 0. The lowest BCUT2D eigenvalue weighted by molar-refractivity contribution is -0.0710. The topological polar surface area (TPSA) is 111 Å². The molecule has 0 spiro atoms. The number of alkyl carbamates (subject to hydrolysis) is 1. The highest BCUT2D eigenvalue weighted by atomic mass is 16.7. The van der Waals surface area contributed by atoms with Gasteiger partial charge in [-0.1, -0.05) is 0 Å². The standard InChI is InChI=1S/C16H34N2O7/c1-16(2,3)25-15(19)18-5-7-20-8-9-21-10-11-22-12-13-24-14-23-6-4-17/h4-14,17H2,1-3H3,(H,18,19). The molecule has 3 N–H and O–H groups in total. The molecule has 9 nitrogen and oxygen atoms in total. The predicted octanol–water partition coefficient (Wildman–Crippen LogP) is 0.510. The second-order valence-corrected chi connectivity index (χ2v) is 5.99. The first-order valence-electron chi connectivity index (χ1n) is 8.51. The van der Waals surface area contributed by atoms with Crippen molar-refractivity contribution in [3.05, 3.63) is 0 Å². The predicted molar refractivity (Wildman–Crippen MR) is 92.5 cm³/mol. The van der Waals surface area contributed by atoms with Gasteiger partial charge >= 0.3 is 6.09 Å². The summed E-state index contributed by atoms with van der Waals surface area (Å²) < 4.78 is 31.3. The molecule has 0 saturated carbocycles. The van der Waals surface area contributed by atoms with Crippen LogP contribution in [0.15, 0.2) is 0 Å². The number of hydrogen-bond donors (Lipinski definition) is 2. The van der Waals surface area contributed by atoms with E-state index in [9.17, 15) is 4.79 Å². The van der Waals surface area contributed by atoms with E-state index < -0.39 is 11.7 Å². The molecule has 0 aromatic rings. The maximum absolute atomic E-state index is 11.4. The van der Waals surface area contributed by atoms with E-state index in [4.69, 9.17) is 34.2 Å². The van der Waals surface area contributed by atoms with E-state index in [-0.39, 0.29) is 6.79 Å². The Morgan fingerprint density at radius 2 is 1.28 bits per heavy atom. The zero-order valence-corrected chi connectivity index (χ0v) is 15.7. The Bertz CT molecular complexity index is 311. The van der Waals surface area contributed by atoms with Gasteiger partial charge < -0.3 is 39.5 Å². The second kappa shape index (κ2) is 16.5. The summed E-state index contributed by atoms with van der Waals surface area (Å²) in [6.07, 6.45) is -0.445. The molecule has 0 aliphatic rings. The van der Waals surface area contributed by atoms with Crippen LogP contribution in [-0.2, 0) is 28.4 Å². The van der Waals surface area contributed by atoms with Gasteiger partial charge in [-0.15, -0.1) is 0 Å². The first-order valence-corrected chi connectivity index (χ1v) is 8.51. The minimum atomic E-state index is -0.495. The van der Waals surface area contributed by atoms with E-state index >= 15 is 0 Å². The van der Waals surface area contributed by atoms with Gasteiger partial charge in [0.15, 0.2) is 0 Å². The molecule has 0 atom stereocenters. The van der Waals surface area contributed by atoms with Gasteiger partial charge in [0.05, 0.1) is 52.9 Å². The first kappa shape index (κ1) is 24.0. The van der Waals surface area contributed by atoms with Gasteiger partial charge in [-0.25, -0.2) is 4.79 Å². The van der Waals surface area contributed by atoms with Crippen molar-refractivity contribution in [1.29, 1.82) is 0 Å². The third-order valence-corrected chi connectivity index (χ3v) is 2.46. The monoisotopic (exact) mass is 366 g/mol. The summed E-state index contributed by atoms with van der Waals surface area (Å²) in [4.78, 5) is 11.4. The number of amides is 1. The normalized spacial score (nSPS) is 11.5. The van der Waals surface area contributed by atoms with E-state index in [0.717, 1.165) is 0 Å². The van der Waals surface area contributed by atoms with Gasteiger partial charge in [-0.3, -0.25) is 0 Å². The molecule has 150 valence electrons. The Kier molecular flexibility index (Phi) is 15.9. The molecule has 0 aromatic heterocycles. The highest BCUT2D eigenvalue weighted by Gasteiger charge is 2.15. The van der Waals surface area contributed by atoms with Crippen LogP contribution < -0.4 is 11.1 Å². The maximum Gasteiger partial charge on any atom is 0.407 e. The van der Waals surface area contributed by atoms with Gasteiger partial charge in [0, 0.05) is 13.1 Å². The highest BCUT2D eigenvalue weighted by Crippen LogP contribution is 2.05. The summed E-state index contributed by atoms with van der Waals surface area (Å²) >= 11 is 0. The zero-order chi connectivity index (χ0) is 18.8. The van der Waals surface area contributed by atoms with Gasteiger partial charge in [0.2, 0.25) is 0 Å². The fourth-order valence-electron chi connectivity index (χ4n) is 1.46. The first-order chi connectivity index (χ1) is 12.0. The van der Waals surface area contributed by atoms with E-state index in [1.165, 1.54) is 0 Å². The van der Waals surface area contributed by atoms with E-state index in [0.29, 0.717) is 65.9 Å². The molecule has 0 aliphatic carbocycles. The lowest BCUT2D eigenvalue weighted by atomic mass is 10.2. The van der Waals surface area contributed by atoms with Crippen LogP contribution >= 0.6 is 0 Å². The Hall–Kier alpha value is -0.970. The Morgan fingerprint density at radius 1 is 0.800 bits per heavy atom. The fourth-order valence-corrected chi connectivity index (χ4v) is 1.46. The molecule has 0 rings (SSSR count). The van der Waals surface area contributed by atoms with Crippen molar-refractivity contribution in [2.45, 2.75) is 26.4 Å². The Labute approximate surface area is 150 Å². The summed E-state index contributed by atoms with van der Waals surface area (Å²) in [7, 11) is 0. The lowest BCUT2D eigenvalue weighted by Crippen LogP contribution is -2.34. The second-order valence-electron chi connectivity index (χ2n) is 5.99. The number of ether oxygens (including phenoxy) is 6. The van der Waals surface area contributed by atoms with Gasteiger partial charge in [0.25, 0.3) is 0 Å². The van der Waals surface area contributed by atoms with Crippen LogP contribution in [0, 0.1) is 0 Å². The number of nitrogens with one attached hydrogen (secondary N) is 1. The summed E-state index contributed by atoms with van der Waals surface area (Å²) in [6, 6.07) is 0. The highest BCUT2D eigenvalue weighted by molar-refractivity contribution is 5.67. The molecule has 0 saturated heterocycles. The van der Waals surface area contributed by atoms with E-state index in [1.807, 2.05) is 20.8 Å². The molecular formula is C16H34N2O7. The Morgan fingerprint density at radius 3 is 1.80 bits per heavy atom. The van der Waals surface area contributed by atoms with Crippen LogP contribution in [0.3, 0.4) is 0 Å². The van der Waals surface area contributed by atoms with Gasteiger partial charge in [-0.2, -0.15) is 0 Å². The third kappa shape index (κ3) is 21.0. The third-order valence-electron chi connectivity index (χ3n) is 2.46. The number of hydrogen-bond acceptors (Lipinski definition) is 8. The largest absolute Gasteiger partial charge is 0.444 e. The lowest BCUT2D eigenvalue weighted by Gasteiger charge is -2.19. The number of carbonyl (C=O) groups is 1. The molecule has 9 heteroatoms. The molecule has 0 aliphatic heterocycles. The van der Waals surface area contributed by atoms with Gasteiger partial charge in [0.1, 0.15) is 12.4 Å². The van der Waals surface area contributed by atoms with Crippen molar-refractivity contribution >= 4 is 6.09 Å². The average molecular weight is 366 g/mol. The van der Waals surface area contributed by atoms with Crippen molar-refractivity contribution in [3.8, 4) is 0 Å². The molecule has 0 aromatic carbocycles. The zero-order valence-electron chi connectivity index (χ0n) is 15.7. The molecule has 0 heterocycles. The van der Waals surface area contributed by atoms with E-state index in [1.54, 1.807) is 0 Å². The van der Waals surface area contributed by atoms with Crippen LogP contribution in [0.5, 0.6) is 0 Å². The minimum Gasteiger partial charge on any atom is -0.444 e. The Balaban J connectivity index is 3.13. The van der Waals surface area contributed by atoms with Crippen LogP contribution in [0.25, 0.3) is 0 Å². The molecule has 0 fully saturated rings. The van der Waals surface area contributed by atoms with Crippen molar-refractivity contribution in [1.82, 2.24) is 5.32 Å². The number of nitrogens with two attached hydrogens (primary N) is 1. The molecule has 0 unspecified atom stereocenters. The quantitative estimate of drug-likeness (QED) is 0.300. The SMILES string of the molecule is CC(C)(C)OC(=O)NCCOCCOCCOCCOCOCCN. The van der Waals surface area contributed by atoms with Crippen molar-refractivity contribution < 1.29 is 33.2 Å². The van der Waals surface area contributed by atoms with Gasteiger partial charge in [-0.05, 0) is 20.8 Å². The smallest absolute Gasteiger partial charge is 0.407 e. The summed E-state index contributed by atoms with van der Waals surface area (Å²) in [6.45, 7) is 10.3. The van der Waals surface area contributed by atoms with E-state index in [2.05, 4.69) is 5.32 Å². The van der Waals surface area contributed by atoms with Crippen molar-refractivity contribution in [3.63, 3.8) is 0 Å². The number of rotatable bonds is 16.